The average Bonchev–Trinajstić information content (AvgIpc) is 3.17. The fourth-order valence-electron chi connectivity index (χ4n) is 5.85. The number of ether oxygens (including phenoxy) is 2. The summed E-state index contributed by atoms with van der Waals surface area (Å²) in [6, 6.07) is -1.52. The highest BCUT2D eigenvalue weighted by Gasteiger charge is 2.28. The van der Waals surface area contributed by atoms with Gasteiger partial charge in [-0.05, 0) is 70.6 Å². The number of rotatable bonds is 41. The molecule has 0 aromatic carbocycles. The van der Waals surface area contributed by atoms with Crippen molar-refractivity contribution in [2.24, 2.45) is 5.73 Å². The number of carbonyl (C=O) groups is 3. The molecule has 0 aliphatic rings. The minimum absolute atomic E-state index is 0.153. The number of hydrogen-bond donors (Lipinski definition) is 3. The monoisotopic (exact) mass is 814 g/mol. The number of phosphoric ester groups is 1. The van der Waals surface area contributed by atoms with Gasteiger partial charge in [-0.25, -0.2) is 4.57 Å². The van der Waals surface area contributed by atoms with Crippen LogP contribution in [0.15, 0.2) is 36.5 Å². The standard InChI is InChI=1S/C44H80NO10P/c1-3-5-7-9-11-13-15-17-19-20-22-24-26-28-30-32-34-36-43(47)55-40(38-53-56(50,51)54-39-41(45)44(48)49)37-52-42(46)35-33-31-29-27-25-23-21-18-16-14-12-10-8-6-4-2/h12,14,17-19,21,40-41H,3-11,13,15-16,20,22-39,45H2,1-2H3,(H,48,49)(H,50,51)/b14-12+,19-17+,21-18+/t40-,41+/m1/s1. The molecule has 4 N–H and O–H groups in total. The molecule has 0 saturated carbocycles. The lowest BCUT2D eigenvalue weighted by atomic mass is 10.1. The minimum atomic E-state index is -4.72. The highest BCUT2D eigenvalue weighted by Crippen LogP contribution is 2.43. The van der Waals surface area contributed by atoms with E-state index < -0.39 is 51.1 Å². The molecule has 326 valence electrons. The van der Waals surface area contributed by atoms with Crippen LogP contribution in [0.25, 0.3) is 0 Å². The van der Waals surface area contributed by atoms with Crippen molar-refractivity contribution < 1.29 is 47.5 Å². The Balaban J connectivity index is 4.38. The van der Waals surface area contributed by atoms with E-state index in [0.29, 0.717) is 12.8 Å². The zero-order chi connectivity index (χ0) is 41.4. The summed E-state index contributed by atoms with van der Waals surface area (Å²) >= 11 is 0. The van der Waals surface area contributed by atoms with E-state index >= 15 is 0 Å². The lowest BCUT2D eigenvalue weighted by Crippen LogP contribution is -2.34. The molecular weight excluding hydrogens is 733 g/mol. The lowest BCUT2D eigenvalue weighted by molar-refractivity contribution is -0.161. The third-order valence-electron chi connectivity index (χ3n) is 9.36. The van der Waals surface area contributed by atoms with Gasteiger partial charge in [-0.2, -0.15) is 0 Å². The molecule has 11 nitrogen and oxygen atoms in total. The second-order valence-corrected chi connectivity index (χ2v) is 16.3. The molecule has 0 bridgehead atoms. The third kappa shape index (κ3) is 38.6. The number of phosphoric acid groups is 1. The first-order valence-corrected chi connectivity index (χ1v) is 23.5. The number of nitrogens with two attached hydrogens (primary N) is 1. The molecular formula is C44H80NO10P. The quantitative estimate of drug-likeness (QED) is 0.0232. The molecule has 56 heavy (non-hydrogen) atoms. The zero-order valence-electron chi connectivity index (χ0n) is 35.2. The lowest BCUT2D eigenvalue weighted by Gasteiger charge is -2.20. The highest BCUT2D eigenvalue weighted by atomic mass is 31.2. The molecule has 0 saturated heterocycles. The third-order valence-corrected chi connectivity index (χ3v) is 10.3. The molecule has 0 radical (unpaired) electrons. The molecule has 3 atom stereocenters. The van der Waals surface area contributed by atoms with Crippen molar-refractivity contribution >= 4 is 25.7 Å². The van der Waals surface area contributed by atoms with Gasteiger partial charge in [0.1, 0.15) is 12.6 Å². The van der Waals surface area contributed by atoms with Crippen LogP contribution >= 0.6 is 7.82 Å². The molecule has 1 unspecified atom stereocenters. The molecule has 0 aromatic rings. The molecule has 0 fully saturated rings. The van der Waals surface area contributed by atoms with E-state index in [1.54, 1.807) is 0 Å². The topological polar surface area (TPSA) is 172 Å². The summed E-state index contributed by atoms with van der Waals surface area (Å²) in [5, 5.41) is 8.89. The predicted molar refractivity (Wildman–Crippen MR) is 226 cm³/mol. The number of unbranched alkanes of at least 4 members (excludes halogenated alkanes) is 21. The number of carboxylic acid groups (broad SMARTS) is 1. The number of carbonyl (C=O) groups excluding carboxylic acids is 2. The Morgan fingerprint density at radius 3 is 1.45 bits per heavy atom. The van der Waals surface area contributed by atoms with Crippen molar-refractivity contribution in [2.45, 2.75) is 206 Å². The van der Waals surface area contributed by atoms with Crippen molar-refractivity contribution in [1.29, 1.82) is 0 Å². The van der Waals surface area contributed by atoms with E-state index in [1.165, 1.54) is 77.0 Å². The van der Waals surface area contributed by atoms with Crippen LogP contribution in [0, 0.1) is 0 Å². The fourth-order valence-corrected chi connectivity index (χ4v) is 6.63. The van der Waals surface area contributed by atoms with Crippen LogP contribution in [0.2, 0.25) is 0 Å². The zero-order valence-corrected chi connectivity index (χ0v) is 36.1. The van der Waals surface area contributed by atoms with Crippen molar-refractivity contribution in [3.63, 3.8) is 0 Å². The molecule has 0 aliphatic carbocycles. The van der Waals surface area contributed by atoms with Crippen LogP contribution in [0.3, 0.4) is 0 Å². The molecule has 0 aromatic heterocycles. The average molecular weight is 814 g/mol. The highest BCUT2D eigenvalue weighted by molar-refractivity contribution is 7.47. The smallest absolute Gasteiger partial charge is 0.472 e. The van der Waals surface area contributed by atoms with E-state index in [0.717, 1.165) is 77.0 Å². The van der Waals surface area contributed by atoms with Gasteiger partial charge in [0, 0.05) is 12.8 Å². The number of aliphatic carboxylic acids is 1. The van der Waals surface area contributed by atoms with Crippen molar-refractivity contribution in [1.82, 2.24) is 0 Å². The van der Waals surface area contributed by atoms with Crippen molar-refractivity contribution in [2.75, 3.05) is 19.8 Å². The van der Waals surface area contributed by atoms with Crippen LogP contribution in [-0.2, 0) is 37.5 Å². The molecule has 0 rings (SSSR count). The fraction of sp³-hybridized carbons (Fsp3) is 0.795. The number of hydrogen-bond acceptors (Lipinski definition) is 9. The Kier molecular flexibility index (Phi) is 37.9. The van der Waals surface area contributed by atoms with E-state index in [4.69, 9.17) is 24.8 Å². The number of allylic oxidation sites excluding steroid dienone is 6. The maximum absolute atomic E-state index is 12.6. The SMILES string of the molecule is CCCCC/C=C/C/C=C/CCCCCCCC(=O)OC[C@H](COP(=O)(O)OC[C@H](N)C(=O)O)OC(=O)CCCCCCCCC/C=C/CCCCCCCC. The van der Waals surface area contributed by atoms with Crippen LogP contribution in [0.5, 0.6) is 0 Å². The van der Waals surface area contributed by atoms with Gasteiger partial charge in [-0.1, -0.05) is 147 Å². The summed E-state index contributed by atoms with van der Waals surface area (Å²) in [7, 11) is -4.72. The molecule has 0 amide bonds. The summed E-state index contributed by atoms with van der Waals surface area (Å²) in [5.41, 5.74) is 5.33. The van der Waals surface area contributed by atoms with Gasteiger partial charge in [0.2, 0.25) is 0 Å². The first-order valence-electron chi connectivity index (χ1n) is 22.0. The van der Waals surface area contributed by atoms with E-state index in [9.17, 15) is 23.8 Å². The number of esters is 2. The molecule has 0 spiro atoms. The van der Waals surface area contributed by atoms with Crippen LogP contribution in [-0.4, -0.2) is 59.9 Å². The predicted octanol–water partition coefficient (Wildman–Crippen LogP) is 11.6. The Morgan fingerprint density at radius 1 is 0.554 bits per heavy atom. The Hall–Kier alpha value is -2.30. The molecule has 12 heteroatoms. The van der Waals surface area contributed by atoms with Crippen molar-refractivity contribution in [3.8, 4) is 0 Å². The van der Waals surface area contributed by atoms with E-state index in [1.807, 2.05) is 0 Å². The second-order valence-electron chi connectivity index (χ2n) is 14.8. The van der Waals surface area contributed by atoms with E-state index in [2.05, 4.69) is 54.8 Å². The number of carboxylic acids is 1. The summed E-state index contributed by atoms with van der Waals surface area (Å²) in [4.78, 5) is 45.9. The summed E-state index contributed by atoms with van der Waals surface area (Å²) in [5.74, 6) is -2.40. The first kappa shape index (κ1) is 53.7. The summed E-state index contributed by atoms with van der Waals surface area (Å²) < 4.78 is 32.7. The Labute approximate surface area is 340 Å². The van der Waals surface area contributed by atoms with Gasteiger partial charge in [-0.3, -0.25) is 23.4 Å². The minimum Gasteiger partial charge on any atom is -0.480 e. The van der Waals surface area contributed by atoms with Crippen LogP contribution in [0.4, 0.5) is 0 Å². The normalized spacial score (nSPS) is 14.1. The molecule has 0 heterocycles. The molecule has 0 aliphatic heterocycles. The van der Waals surface area contributed by atoms with Gasteiger partial charge in [0.25, 0.3) is 0 Å². The Morgan fingerprint density at radius 2 is 0.946 bits per heavy atom. The van der Waals surface area contributed by atoms with Crippen LogP contribution < -0.4 is 5.73 Å². The van der Waals surface area contributed by atoms with Gasteiger partial charge in [0.05, 0.1) is 13.2 Å². The van der Waals surface area contributed by atoms with Crippen LogP contribution in [0.1, 0.15) is 194 Å². The largest absolute Gasteiger partial charge is 0.480 e. The maximum atomic E-state index is 12.6. The second kappa shape index (κ2) is 39.5. The summed E-state index contributed by atoms with van der Waals surface area (Å²) in [6.45, 7) is 2.76. The maximum Gasteiger partial charge on any atom is 0.472 e. The summed E-state index contributed by atoms with van der Waals surface area (Å²) in [6.07, 6.45) is 42.0. The van der Waals surface area contributed by atoms with E-state index in [-0.39, 0.29) is 19.4 Å². The van der Waals surface area contributed by atoms with Gasteiger partial charge >= 0.3 is 25.7 Å². The first-order chi connectivity index (χ1) is 27.1. The van der Waals surface area contributed by atoms with Gasteiger partial charge in [-0.15, -0.1) is 0 Å². The van der Waals surface area contributed by atoms with Crippen molar-refractivity contribution in [3.05, 3.63) is 36.5 Å². The van der Waals surface area contributed by atoms with Gasteiger partial charge < -0.3 is 25.2 Å². The Bertz CT molecular complexity index is 1100. The van der Waals surface area contributed by atoms with Gasteiger partial charge in [0.15, 0.2) is 6.10 Å².